The average Bonchev–Trinajstić information content (AvgIpc) is 3.11. The van der Waals surface area contributed by atoms with Gasteiger partial charge >= 0.3 is 5.97 Å². The molecule has 0 heterocycles. The second kappa shape index (κ2) is 7.91. The summed E-state index contributed by atoms with van der Waals surface area (Å²) in [5, 5.41) is 8.83. The normalized spacial score (nSPS) is 17.6. The topological polar surface area (TPSA) is 55.8 Å². The highest BCUT2D eigenvalue weighted by atomic mass is 16.7. The molecule has 0 radical (unpaired) electrons. The van der Waals surface area contributed by atoms with Crippen molar-refractivity contribution in [2.75, 3.05) is 0 Å². The van der Waals surface area contributed by atoms with E-state index >= 15 is 0 Å². The second-order valence-electron chi connectivity index (χ2n) is 5.59. The number of carbonyl (C=O) groups is 1. The predicted molar refractivity (Wildman–Crippen MR) is 80.5 cm³/mol. The Morgan fingerprint density at radius 2 is 1.76 bits per heavy atom. The van der Waals surface area contributed by atoms with E-state index in [2.05, 4.69) is 18.7 Å². The lowest BCUT2D eigenvalue weighted by molar-refractivity contribution is -0.133. The summed E-state index contributed by atoms with van der Waals surface area (Å²) in [5.74, 6) is 1.09. The second-order valence-corrected chi connectivity index (χ2v) is 5.59. The Balaban J connectivity index is 1.81. The molecule has 0 fully saturated rings. The summed E-state index contributed by atoms with van der Waals surface area (Å²) < 4.78 is 11.9. The van der Waals surface area contributed by atoms with Crippen LogP contribution in [-0.4, -0.2) is 17.4 Å². The first-order valence-corrected chi connectivity index (χ1v) is 7.77. The van der Waals surface area contributed by atoms with Crippen LogP contribution in [0.5, 0.6) is 0 Å². The number of aliphatic carboxylic acids is 1. The highest BCUT2D eigenvalue weighted by Crippen LogP contribution is 2.27. The zero-order valence-electron chi connectivity index (χ0n) is 12.5. The molecule has 2 aliphatic rings. The first kappa shape index (κ1) is 15.7. The number of hydrogen-bond donors (Lipinski definition) is 1. The molecule has 0 aromatic carbocycles. The molecule has 0 saturated heterocycles. The molecule has 0 bridgehead atoms. The van der Waals surface area contributed by atoms with Crippen molar-refractivity contribution in [1.29, 1.82) is 0 Å². The van der Waals surface area contributed by atoms with E-state index in [0.717, 1.165) is 50.0 Å². The van der Waals surface area contributed by atoms with Crippen LogP contribution < -0.4 is 0 Å². The Morgan fingerprint density at radius 1 is 1.19 bits per heavy atom. The summed E-state index contributed by atoms with van der Waals surface area (Å²) in [6.45, 7) is 3.55. The van der Waals surface area contributed by atoms with Gasteiger partial charge in [-0.3, -0.25) is 0 Å². The van der Waals surface area contributed by atoms with Crippen LogP contribution in [0.1, 0.15) is 57.8 Å². The van der Waals surface area contributed by atoms with Crippen molar-refractivity contribution in [2.45, 2.75) is 64.1 Å². The molecule has 0 aliphatic heterocycles. The summed E-state index contributed by atoms with van der Waals surface area (Å²) >= 11 is 0. The van der Waals surface area contributed by atoms with Crippen LogP contribution in [0.2, 0.25) is 0 Å². The summed E-state index contributed by atoms with van der Waals surface area (Å²) in [6, 6.07) is 0. The SMILES string of the molecule is C=C(CCCC(OC1=CCCC1)OC1=CCCC1)C(=O)O. The Labute approximate surface area is 126 Å². The number of allylic oxidation sites excluding steroid dienone is 4. The summed E-state index contributed by atoms with van der Waals surface area (Å²) in [6.07, 6.45) is 12.2. The van der Waals surface area contributed by atoms with E-state index in [1.807, 2.05) is 0 Å². The van der Waals surface area contributed by atoms with Gasteiger partial charge in [-0.15, -0.1) is 0 Å². The third-order valence-corrected chi connectivity index (χ3v) is 3.79. The highest BCUT2D eigenvalue weighted by Gasteiger charge is 2.18. The first-order chi connectivity index (χ1) is 10.1. The number of ether oxygens (including phenoxy) is 2. The lowest BCUT2D eigenvalue weighted by atomic mass is 10.1. The summed E-state index contributed by atoms with van der Waals surface area (Å²) in [4.78, 5) is 10.8. The Kier molecular flexibility index (Phi) is 5.90. The van der Waals surface area contributed by atoms with Gasteiger partial charge in [0.1, 0.15) is 0 Å². The molecule has 4 heteroatoms. The Morgan fingerprint density at radius 3 is 2.19 bits per heavy atom. The molecule has 0 saturated carbocycles. The van der Waals surface area contributed by atoms with Crippen LogP contribution in [0.25, 0.3) is 0 Å². The first-order valence-electron chi connectivity index (χ1n) is 7.77. The van der Waals surface area contributed by atoms with Gasteiger partial charge in [0.2, 0.25) is 6.29 Å². The van der Waals surface area contributed by atoms with Crippen LogP contribution in [-0.2, 0) is 14.3 Å². The third kappa shape index (κ3) is 5.29. The van der Waals surface area contributed by atoms with Gasteiger partial charge in [0.05, 0.1) is 11.5 Å². The molecule has 4 nitrogen and oxygen atoms in total. The van der Waals surface area contributed by atoms with Gasteiger partial charge in [0.15, 0.2) is 0 Å². The summed E-state index contributed by atoms with van der Waals surface area (Å²) in [7, 11) is 0. The van der Waals surface area contributed by atoms with Crippen LogP contribution in [0.15, 0.2) is 35.8 Å². The van der Waals surface area contributed by atoms with Crippen molar-refractivity contribution in [2.24, 2.45) is 0 Å². The van der Waals surface area contributed by atoms with Crippen molar-refractivity contribution in [3.05, 3.63) is 35.8 Å². The van der Waals surface area contributed by atoms with E-state index in [0.29, 0.717) is 19.3 Å². The fourth-order valence-electron chi connectivity index (χ4n) is 2.57. The number of carboxylic acids is 1. The third-order valence-electron chi connectivity index (χ3n) is 3.79. The molecule has 0 spiro atoms. The van der Waals surface area contributed by atoms with Crippen LogP contribution >= 0.6 is 0 Å². The molecular formula is C17H24O4. The Bertz CT molecular complexity index is 422. The van der Waals surface area contributed by atoms with Crippen molar-refractivity contribution in [3.63, 3.8) is 0 Å². The zero-order chi connectivity index (χ0) is 15.1. The Hall–Kier alpha value is -1.71. The molecule has 0 amide bonds. The van der Waals surface area contributed by atoms with Crippen LogP contribution in [0, 0.1) is 0 Å². The maximum Gasteiger partial charge on any atom is 0.330 e. The van der Waals surface area contributed by atoms with Gasteiger partial charge in [-0.1, -0.05) is 6.58 Å². The molecule has 0 aromatic rings. The molecule has 0 atom stereocenters. The monoisotopic (exact) mass is 292 g/mol. The standard InChI is InChI=1S/C17H24O4/c1-13(17(18)19)7-6-12-16(20-14-8-2-3-9-14)21-15-10-4-5-11-15/h8,10,16H,1-7,9,11-12H2,(H,18,19). The van der Waals surface area contributed by atoms with Gasteiger partial charge < -0.3 is 14.6 Å². The fraction of sp³-hybridized carbons (Fsp3) is 0.588. The van der Waals surface area contributed by atoms with E-state index in [-0.39, 0.29) is 11.9 Å². The van der Waals surface area contributed by atoms with Gasteiger partial charge in [-0.25, -0.2) is 4.79 Å². The van der Waals surface area contributed by atoms with Crippen LogP contribution in [0.3, 0.4) is 0 Å². The maximum absolute atomic E-state index is 10.8. The largest absolute Gasteiger partial charge is 0.478 e. The molecule has 2 aliphatic carbocycles. The van der Waals surface area contributed by atoms with Gasteiger partial charge in [0.25, 0.3) is 0 Å². The maximum atomic E-state index is 10.8. The fourth-order valence-corrected chi connectivity index (χ4v) is 2.57. The van der Waals surface area contributed by atoms with E-state index in [1.165, 1.54) is 0 Å². The summed E-state index contributed by atoms with van der Waals surface area (Å²) in [5.41, 5.74) is 0.244. The molecule has 0 aromatic heterocycles. The minimum atomic E-state index is -0.926. The average molecular weight is 292 g/mol. The quantitative estimate of drug-likeness (QED) is 0.508. The van der Waals surface area contributed by atoms with E-state index < -0.39 is 5.97 Å². The molecular weight excluding hydrogens is 268 g/mol. The zero-order valence-corrected chi connectivity index (χ0v) is 12.5. The predicted octanol–water partition coefficient (Wildman–Crippen LogP) is 4.29. The van der Waals surface area contributed by atoms with Gasteiger partial charge in [-0.2, -0.15) is 0 Å². The number of hydrogen-bond acceptors (Lipinski definition) is 3. The smallest absolute Gasteiger partial charge is 0.330 e. The highest BCUT2D eigenvalue weighted by molar-refractivity contribution is 5.85. The molecule has 2 rings (SSSR count). The van der Waals surface area contributed by atoms with Crippen molar-refractivity contribution < 1.29 is 19.4 Å². The minimum Gasteiger partial charge on any atom is -0.478 e. The van der Waals surface area contributed by atoms with E-state index in [9.17, 15) is 4.79 Å². The number of carboxylic acid groups (broad SMARTS) is 1. The molecule has 0 unspecified atom stereocenters. The molecule has 1 N–H and O–H groups in total. The van der Waals surface area contributed by atoms with Crippen molar-refractivity contribution in [1.82, 2.24) is 0 Å². The lowest BCUT2D eigenvalue weighted by Crippen LogP contribution is -2.16. The lowest BCUT2D eigenvalue weighted by Gasteiger charge is -2.22. The molecule has 21 heavy (non-hydrogen) atoms. The van der Waals surface area contributed by atoms with E-state index in [1.54, 1.807) is 0 Å². The van der Waals surface area contributed by atoms with Gasteiger partial charge in [0, 0.05) is 24.8 Å². The number of rotatable bonds is 9. The van der Waals surface area contributed by atoms with Crippen molar-refractivity contribution >= 4 is 5.97 Å². The van der Waals surface area contributed by atoms with Crippen LogP contribution in [0.4, 0.5) is 0 Å². The molecule has 116 valence electrons. The van der Waals surface area contributed by atoms with E-state index in [4.69, 9.17) is 14.6 Å². The van der Waals surface area contributed by atoms with Crippen molar-refractivity contribution in [3.8, 4) is 0 Å². The van der Waals surface area contributed by atoms with Gasteiger partial charge in [-0.05, 0) is 50.7 Å². The minimum absolute atomic E-state index is 0.244.